The van der Waals surface area contributed by atoms with Gasteiger partial charge in [0.2, 0.25) is 5.88 Å². The molecule has 1 aromatic heterocycles. The van der Waals surface area contributed by atoms with Crippen molar-refractivity contribution in [1.29, 1.82) is 0 Å². The molecule has 8 heteroatoms. The Morgan fingerprint density at radius 1 is 1.24 bits per heavy atom. The van der Waals surface area contributed by atoms with Crippen LogP contribution in [0.15, 0.2) is 47.1 Å². The van der Waals surface area contributed by atoms with Gasteiger partial charge < -0.3 is 15.8 Å². The normalized spacial score (nSPS) is 13.8. The summed E-state index contributed by atoms with van der Waals surface area (Å²) in [5.41, 5.74) is 6.21. The van der Waals surface area contributed by atoms with E-state index in [4.69, 9.17) is 10.5 Å². The van der Waals surface area contributed by atoms with Crippen molar-refractivity contribution in [2.24, 2.45) is 11.7 Å². The van der Waals surface area contributed by atoms with E-state index in [1.807, 2.05) is 24.3 Å². The number of carbonyl (C=O) groups excluding carboxylic acids is 1. The SMILES string of the molecule is Cl.Cl.NCC(NC(=O)c1ccc(Oc2ccc(Br)cc2)nc1)C1CC1. The summed E-state index contributed by atoms with van der Waals surface area (Å²) in [5, 5.41) is 2.97. The number of ether oxygens (including phenoxy) is 1. The molecule has 1 aliphatic rings. The molecule has 1 aliphatic carbocycles. The van der Waals surface area contributed by atoms with Gasteiger partial charge in [-0.25, -0.2) is 4.98 Å². The van der Waals surface area contributed by atoms with Crippen molar-refractivity contribution in [1.82, 2.24) is 10.3 Å². The molecule has 1 atom stereocenters. The first-order chi connectivity index (χ1) is 11.2. The lowest BCUT2D eigenvalue weighted by Crippen LogP contribution is -2.41. The third kappa shape index (κ3) is 6.15. The van der Waals surface area contributed by atoms with Crippen LogP contribution >= 0.6 is 40.7 Å². The van der Waals surface area contributed by atoms with Gasteiger partial charge in [0, 0.05) is 29.3 Å². The van der Waals surface area contributed by atoms with Crippen molar-refractivity contribution in [2.45, 2.75) is 18.9 Å². The molecule has 1 unspecified atom stereocenters. The zero-order valence-corrected chi connectivity index (χ0v) is 16.6. The van der Waals surface area contributed by atoms with Gasteiger partial charge in [-0.05, 0) is 49.1 Å². The van der Waals surface area contributed by atoms with E-state index >= 15 is 0 Å². The van der Waals surface area contributed by atoms with Crippen LogP contribution in [0.1, 0.15) is 23.2 Å². The zero-order valence-electron chi connectivity index (χ0n) is 13.4. The summed E-state index contributed by atoms with van der Waals surface area (Å²) in [6.45, 7) is 0.467. The summed E-state index contributed by atoms with van der Waals surface area (Å²) in [6.07, 6.45) is 3.80. The van der Waals surface area contributed by atoms with E-state index in [0.29, 0.717) is 29.7 Å². The number of nitrogens with zero attached hydrogens (tertiary/aromatic N) is 1. The first-order valence-corrected chi connectivity index (χ1v) is 8.35. The number of amides is 1. The molecule has 0 radical (unpaired) electrons. The number of nitrogens with two attached hydrogens (primary N) is 1. The van der Waals surface area contributed by atoms with E-state index in [0.717, 1.165) is 17.3 Å². The van der Waals surface area contributed by atoms with Crippen molar-refractivity contribution in [3.8, 4) is 11.6 Å². The Hall–Kier alpha value is -1.34. The van der Waals surface area contributed by atoms with Crippen molar-refractivity contribution in [3.63, 3.8) is 0 Å². The maximum Gasteiger partial charge on any atom is 0.253 e. The first kappa shape index (κ1) is 21.7. The lowest BCUT2D eigenvalue weighted by atomic mass is 10.1. The fourth-order valence-electron chi connectivity index (χ4n) is 2.32. The molecule has 1 fully saturated rings. The van der Waals surface area contributed by atoms with Gasteiger partial charge in [0.15, 0.2) is 0 Å². The van der Waals surface area contributed by atoms with E-state index in [2.05, 4.69) is 26.2 Å². The highest BCUT2D eigenvalue weighted by Crippen LogP contribution is 2.32. The second-order valence-corrected chi connectivity index (χ2v) is 6.51. The monoisotopic (exact) mass is 447 g/mol. The summed E-state index contributed by atoms with van der Waals surface area (Å²) in [7, 11) is 0. The van der Waals surface area contributed by atoms with Crippen LogP contribution in [-0.4, -0.2) is 23.5 Å². The van der Waals surface area contributed by atoms with Crippen LogP contribution in [-0.2, 0) is 0 Å². The molecule has 25 heavy (non-hydrogen) atoms. The zero-order chi connectivity index (χ0) is 16.2. The minimum Gasteiger partial charge on any atom is -0.439 e. The van der Waals surface area contributed by atoms with Crippen molar-refractivity contribution in [3.05, 3.63) is 52.6 Å². The molecule has 3 rings (SSSR count). The standard InChI is InChI=1S/C17H18BrN3O2.2ClH/c18-13-4-6-14(7-5-13)23-16-8-3-12(10-20-16)17(22)21-15(9-19)11-1-2-11;;/h3-8,10-11,15H,1-2,9,19H2,(H,21,22);2*1H. The molecule has 1 saturated carbocycles. The highest BCUT2D eigenvalue weighted by molar-refractivity contribution is 9.10. The number of pyridine rings is 1. The molecular weight excluding hydrogens is 429 g/mol. The predicted octanol–water partition coefficient (Wildman–Crippen LogP) is 3.95. The minimum absolute atomic E-state index is 0. The summed E-state index contributed by atoms with van der Waals surface area (Å²) in [5.74, 6) is 1.52. The fourth-order valence-corrected chi connectivity index (χ4v) is 2.58. The van der Waals surface area contributed by atoms with Gasteiger partial charge in [-0.2, -0.15) is 0 Å². The Balaban J connectivity index is 0.00000156. The van der Waals surface area contributed by atoms with Gasteiger partial charge in [0.1, 0.15) is 5.75 Å². The Morgan fingerprint density at radius 2 is 1.92 bits per heavy atom. The van der Waals surface area contributed by atoms with E-state index in [9.17, 15) is 4.79 Å². The lowest BCUT2D eigenvalue weighted by Gasteiger charge is -2.15. The second kappa shape index (κ2) is 9.97. The smallest absolute Gasteiger partial charge is 0.253 e. The van der Waals surface area contributed by atoms with Gasteiger partial charge in [0.05, 0.1) is 5.56 Å². The van der Waals surface area contributed by atoms with Crippen LogP contribution in [0.5, 0.6) is 11.6 Å². The molecule has 5 nitrogen and oxygen atoms in total. The van der Waals surface area contributed by atoms with E-state index in [1.54, 1.807) is 12.1 Å². The largest absolute Gasteiger partial charge is 0.439 e. The molecule has 0 spiro atoms. The predicted molar refractivity (Wildman–Crippen MR) is 106 cm³/mol. The molecule has 2 aromatic rings. The highest BCUT2D eigenvalue weighted by Gasteiger charge is 2.31. The first-order valence-electron chi connectivity index (χ1n) is 7.56. The molecule has 0 bridgehead atoms. The summed E-state index contributed by atoms with van der Waals surface area (Å²) < 4.78 is 6.62. The number of hydrogen-bond acceptors (Lipinski definition) is 4. The summed E-state index contributed by atoms with van der Waals surface area (Å²) >= 11 is 3.37. The Morgan fingerprint density at radius 3 is 2.44 bits per heavy atom. The van der Waals surface area contributed by atoms with E-state index in [1.165, 1.54) is 6.20 Å². The van der Waals surface area contributed by atoms with Crippen LogP contribution in [0.2, 0.25) is 0 Å². The Labute approximate surface area is 167 Å². The molecule has 1 amide bonds. The third-order valence-electron chi connectivity index (χ3n) is 3.80. The van der Waals surface area contributed by atoms with Gasteiger partial charge in [0.25, 0.3) is 5.91 Å². The Bertz CT molecular complexity index is 679. The van der Waals surface area contributed by atoms with Crippen molar-refractivity contribution < 1.29 is 9.53 Å². The average Bonchev–Trinajstić information content (AvgIpc) is 3.40. The number of carbonyl (C=O) groups is 1. The molecule has 0 saturated heterocycles. The summed E-state index contributed by atoms with van der Waals surface area (Å²) in [6, 6.07) is 10.9. The number of aromatic nitrogens is 1. The van der Waals surface area contributed by atoms with Crippen molar-refractivity contribution >= 4 is 46.7 Å². The fraction of sp³-hybridized carbons (Fsp3) is 0.294. The van der Waals surface area contributed by atoms with Gasteiger partial charge >= 0.3 is 0 Å². The number of rotatable bonds is 6. The number of nitrogens with one attached hydrogen (secondary N) is 1. The van der Waals surface area contributed by atoms with Gasteiger partial charge in [-0.3, -0.25) is 4.79 Å². The Kier molecular flexibility index (Phi) is 8.65. The number of hydrogen-bond donors (Lipinski definition) is 2. The van der Waals surface area contributed by atoms with Crippen LogP contribution in [0, 0.1) is 5.92 Å². The number of halogens is 3. The maximum absolute atomic E-state index is 12.2. The summed E-state index contributed by atoms with van der Waals surface area (Å²) in [4.78, 5) is 16.4. The highest BCUT2D eigenvalue weighted by atomic mass is 79.9. The second-order valence-electron chi connectivity index (χ2n) is 5.59. The minimum atomic E-state index is -0.143. The molecule has 0 aliphatic heterocycles. The van der Waals surface area contributed by atoms with E-state index < -0.39 is 0 Å². The molecule has 3 N–H and O–H groups in total. The van der Waals surface area contributed by atoms with Gasteiger partial charge in [-0.15, -0.1) is 24.8 Å². The van der Waals surface area contributed by atoms with E-state index in [-0.39, 0.29) is 36.8 Å². The maximum atomic E-state index is 12.2. The van der Waals surface area contributed by atoms with Gasteiger partial charge in [-0.1, -0.05) is 15.9 Å². The quantitative estimate of drug-likeness (QED) is 0.701. The lowest BCUT2D eigenvalue weighted by molar-refractivity contribution is 0.0933. The third-order valence-corrected chi connectivity index (χ3v) is 4.32. The van der Waals surface area contributed by atoms with Crippen molar-refractivity contribution in [2.75, 3.05) is 6.54 Å². The molecular formula is C17H20BrCl2N3O2. The molecule has 136 valence electrons. The van der Waals surface area contributed by atoms with Crippen LogP contribution in [0.4, 0.5) is 0 Å². The number of benzene rings is 1. The van der Waals surface area contributed by atoms with Crippen LogP contribution < -0.4 is 15.8 Å². The molecule has 1 aromatic carbocycles. The average molecular weight is 449 g/mol. The molecule has 1 heterocycles. The topological polar surface area (TPSA) is 77.2 Å². The van der Waals surface area contributed by atoms with Crippen LogP contribution in [0.3, 0.4) is 0 Å². The van der Waals surface area contributed by atoms with Crippen LogP contribution in [0.25, 0.3) is 0 Å².